The molecule has 3 aromatic carbocycles. The van der Waals surface area contributed by atoms with Gasteiger partial charge in [-0.25, -0.2) is 0 Å². The summed E-state index contributed by atoms with van der Waals surface area (Å²) in [5.74, 6) is 0.481. The summed E-state index contributed by atoms with van der Waals surface area (Å²) in [4.78, 5) is 25.1. The minimum absolute atomic E-state index is 0.354. The molecule has 4 rings (SSSR count). The molecule has 3 aromatic rings. The highest BCUT2D eigenvalue weighted by molar-refractivity contribution is 6.09. The molecule has 0 spiro atoms. The Hall–Kier alpha value is -3.54. The lowest BCUT2D eigenvalue weighted by Gasteiger charge is -2.16. The Morgan fingerprint density at radius 2 is 1.63 bits per heavy atom. The average molecular weight is 404 g/mol. The first-order chi connectivity index (χ1) is 14.6. The number of hydrogen-bond acceptors (Lipinski definition) is 4. The van der Waals surface area contributed by atoms with Gasteiger partial charge in [-0.3, -0.25) is 20.4 Å². The van der Waals surface area contributed by atoms with Crippen LogP contribution in [0.15, 0.2) is 54.6 Å². The topological polar surface area (TPSA) is 76.7 Å². The minimum Gasteiger partial charge on any atom is -0.494 e. The Morgan fingerprint density at radius 3 is 2.37 bits per heavy atom. The van der Waals surface area contributed by atoms with E-state index < -0.39 is 12.0 Å². The first-order valence-corrected chi connectivity index (χ1v) is 10.1. The third-order valence-corrected chi connectivity index (χ3v) is 5.24. The first kappa shape index (κ1) is 19.8. The summed E-state index contributed by atoms with van der Waals surface area (Å²) >= 11 is 0. The maximum absolute atomic E-state index is 12.7. The molecule has 0 aliphatic heterocycles. The zero-order valence-electron chi connectivity index (χ0n) is 17.0. The fraction of sp³-hybridized carbons (Fsp3) is 0.250. The fourth-order valence-electron chi connectivity index (χ4n) is 3.77. The van der Waals surface area contributed by atoms with Gasteiger partial charge in [0.1, 0.15) is 11.5 Å². The third kappa shape index (κ3) is 3.94. The zero-order chi connectivity index (χ0) is 21.1. The molecule has 0 radical (unpaired) electrons. The number of nitrogens with one attached hydrogen (secondary N) is 2. The number of rotatable bonds is 6. The SMILES string of the molecule is CCOc1ccc(OC(C)C(=O)NNC(=O)c2ccc3c4c(cccc24)CC3)cc1. The Kier molecular flexibility index (Phi) is 5.57. The molecule has 1 aliphatic carbocycles. The van der Waals surface area contributed by atoms with Crippen LogP contribution in [-0.2, 0) is 17.6 Å². The quantitative estimate of drug-likeness (QED) is 0.616. The molecule has 2 N–H and O–H groups in total. The van der Waals surface area contributed by atoms with Gasteiger partial charge in [0.2, 0.25) is 0 Å². The van der Waals surface area contributed by atoms with Crippen molar-refractivity contribution in [3.8, 4) is 11.5 Å². The van der Waals surface area contributed by atoms with E-state index in [1.54, 1.807) is 31.2 Å². The Balaban J connectivity index is 1.38. The van der Waals surface area contributed by atoms with Crippen molar-refractivity contribution in [2.45, 2.75) is 32.8 Å². The van der Waals surface area contributed by atoms with Crippen LogP contribution in [-0.4, -0.2) is 24.5 Å². The van der Waals surface area contributed by atoms with Gasteiger partial charge < -0.3 is 9.47 Å². The molecule has 1 unspecified atom stereocenters. The van der Waals surface area contributed by atoms with Crippen molar-refractivity contribution in [2.24, 2.45) is 0 Å². The summed E-state index contributed by atoms with van der Waals surface area (Å²) in [6, 6.07) is 16.8. The second-order valence-electron chi connectivity index (χ2n) is 7.22. The number of carbonyl (C=O) groups is 2. The number of aryl methyl sites for hydroxylation is 2. The predicted octanol–water partition coefficient (Wildman–Crippen LogP) is 3.57. The maximum Gasteiger partial charge on any atom is 0.279 e. The lowest BCUT2D eigenvalue weighted by atomic mass is 10.00. The summed E-state index contributed by atoms with van der Waals surface area (Å²) < 4.78 is 11.0. The van der Waals surface area contributed by atoms with Crippen LogP contribution in [0, 0.1) is 0 Å². The van der Waals surface area contributed by atoms with Gasteiger partial charge in [-0.15, -0.1) is 0 Å². The van der Waals surface area contributed by atoms with Gasteiger partial charge in [-0.05, 0) is 78.9 Å². The van der Waals surface area contributed by atoms with Crippen LogP contribution in [0.3, 0.4) is 0 Å². The van der Waals surface area contributed by atoms with Gasteiger partial charge >= 0.3 is 0 Å². The maximum atomic E-state index is 12.7. The molecular weight excluding hydrogens is 380 g/mol. The molecule has 1 atom stereocenters. The number of benzene rings is 3. The van der Waals surface area contributed by atoms with E-state index in [4.69, 9.17) is 9.47 Å². The fourth-order valence-corrected chi connectivity index (χ4v) is 3.77. The molecule has 0 aromatic heterocycles. The largest absolute Gasteiger partial charge is 0.494 e. The molecule has 6 heteroatoms. The summed E-state index contributed by atoms with van der Waals surface area (Å²) in [5.41, 5.74) is 8.02. The lowest BCUT2D eigenvalue weighted by molar-refractivity contribution is -0.128. The average Bonchev–Trinajstić information content (AvgIpc) is 3.18. The van der Waals surface area contributed by atoms with Crippen molar-refractivity contribution in [1.82, 2.24) is 10.9 Å². The monoisotopic (exact) mass is 404 g/mol. The third-order valence-electron chi connectivity index (χ3n) is 5.24. The molecule has 0 saturated carbocycles. The smallest absolute Gasteiger partial charge is 0.279 e. The van der Waals surface area contributed by atoms with Crippen LogP contribution in [0.25, 0.3) is 10.8 Å². The van der Waals surface area contributed by atoms with Gasteiger partial charge in [0.15, 0.2) is 6.10 Å². The normalized spacial score (nSPS) is 13.0. The molecule has 0 bridgehead atoms. The predicted molar refractivity (Wildman–Crippen MR) is 115 cm³/mol. The molecule has 1 aliphatic rings. The van der Waals surface area contributed by atoms with Crippen molar-refractivity contribution in [1.29, 1.82) is 0 Å². The van der Waals surface area contributed by atoms with Crippen LogP contribution in [0.4, 0.5) is 0 Å². The summed E-state index contributed by atoms with van der Waals surface area (Å²) in [6.45, 7) is 4.11. The van der Waals surface area contributed by atoms with Crippen molar-refractivity contribution in [2.75, 3.05) is 6.61 Å². The van der Waals surface area contributed by atoms with Gasteiger partial charge in [0, 0.05) is 5.56 Å². The number of ether oxygens (including phenoxy) is 2. The molecule has 0 fully saturated rings. The molecule has 30 heavy (non-hydrogen) atoms. The van der Waals surface area contributed by atoms with Crippen molar-refractivity contribution in [3.63, 3.8) is 0 Å². The molecule has 2 amide bonds. The molecule has 0 heterocycles. The van der Waals surface area contributed by atoms with Crippen LogP contribution < -0.4 is 20.3 Å². The van der Waals surface area contributed by atoms with Crippen LogP contribution >= 0.6 is 0 Å². The number of hydrazine groups is 1. The molecule has 154 valence electrons. The van der Waals surface area contributed by atoms with E-state index in [0.29, 0.717) is 17.9 Å². The second kappa shape index (κ2) is 8.45. The Labute approximate surface area is 175 Å². The van der Waals surface area contributed by atoms with Crippen molar-refractivity contribution < 1.29 is 19.1 Å². The van der Waals surface area contributed by atoms with Gasteiger partial charge in [0.25, 0.3) is 11.8 Å². The van der Waals surface area contributed by atoms with E-state index >= 15 is 0 Å². The molecule has 6 nitrogen and oxygen atoms in total. The number of amides is 2. The number of hydrogen-bond donors (Lipinski definition) is 2. The van der Waals surface area contributed by atoms with E-state index in [9.17, 15) is 9.59 Å². The zero-order valence-corrected chi connectivity index (χ0v) is 17.0. The summed E-state index contributed by atoms with van der Waals surface area (Å²) in [5, 5.41) is 2.07. The highest BCUT2D eigenvalue weighted by Crippen LogP contribution is 2.32. The van der Waals surface area contributed by atoms with E-state index in [-0.39, 0.29) is 5.91 Å². The van der Waals surface area contributed by atoms with Crippen LogP contribution in [0.1, 0.15) is 35.3 Å². The standard InChI is InChI=1S/C24H24N2O4/c1-3-29-18-10-12-19(13-11-18)30-15(2)23(27)25-26-24(28)21-14-9-17-8-7-16-5-4-6-20(21)22(16)17/h4-6,9-15H,3,7-8H2,1-2H3,(H,25,27)(H,26,28). The van der Waals surface area contributed by atoms with E-state index in [0.717, 1.165) is 29.4 Å². The first-order valence-electron chi connectivity index (χ1n) is 10.1. The van der Waals surface area contributed by atoms with Gasteiger partial charge in [-0.2, -0.15) is 0 Å². The summed E-state index contributed by atoms with van der Waals surface area (Å²) in [6.07, 6.45) is 1.21. The van der Waals surface area contributed by atoms with E-state index in [2.05, 4.69) is 16.9 Å². The minimum atomic E-state index is -0.781. The van der Waals surface area contributed by atoms with Gasteiger partial charge in [0.05, 0.1) is 6.61 Å². The van der Waals surface area contributed by atoms with E-state index in [1.807, 2.05) is 31.2 Å². The van der Waals surface area contributed by atoms with E-state index in [1.165, 1.54) is 11.1 Å². The molecule has 0 saturated heterocycles. The highest BCUT2D eigenvalue weighted by Gasteiger charge is 2.20. The van der Waals surface area contributed by atoms with Crippen molar-refractivity contribution in [3.05, 3.63) is 71.3 Å². The van der Waals surface area contributed by atoms with Crippen LogP contribution in [0.5, 0.6) is 11.5 Å². The Bertz CT molecular complexity index is 1080. The Morgan fingerprint density at radius 1 is 0.933 bits per heavy atom. The van der Waals surface area contributed by atoms with Crippen molar-refractivity contribution >= 4 is 22.6 Å². The summed E-state index contributed by atoms with van der Waals surface area (Å²) in [7, 11) is 0. The van der Waals surface area contributed by atoms with Crippen LogP contribution in [0.2, 0.25) is 0 Å². The lowest BCUT2D eigenvalue weighted by Crippen LogP contribution is -2.47. The highest BCUT2D eigenvalue weighted by atomic mass is 16.5. The molecular formula is C24H24N2O4. The second-order valence-corrected chi connectivity index (χ2v) is 7.22. The van der Waals surface area contributed by atoms with Gasteiger partial charge in [-0.1, -0.05) is 24.3 Å². The number of carbonyl (C=O) groups excluding carboxylic acids is 2.